The van der Waals surface area contributed by atoms with Crippen molar-refractivity contribution in [2.45, 2.75) is 12.1 Å². The summed E-state index contributed by atoms with van der Waals surface area (Å²) in [6, 6.07) is 20.6. The Morgan fingerprint density at radius 3 is 2.68 bits per heavy atom. The minimum absolute atomic E-state index is 0.333. The molecular formula is C23H18N2O3. The molecule has 2 aromatic carbocycles. The van der Waals surface area contributed by atoms with Crippen LogP contribution in [-0.2, 0) is 4.74 Å². The molecule has 1 aliphatic heterocycles. The van der Waals surface area contributed by atoms with Gasteiger partial charge in [-0.15, -0.1) is 0 Å². The highest BCUT2D eigenvalue weighted by Crippen LogP contribution is 2.37. The molecular weight excluding hydrogens is 352 g/mol. The highest BCUT2D eigenvalue weighted by Gasteiger charge is 2.36. The van der Waals surface area contributed by atoms with Crippen molar-refractivity contribution in [3.63, 3.8) is 0 Å². The zero-order valence-corrected chi connectivity index (χ0v) is 15.3. The van der Waals surface area contributed by atoms with Crippen molar-refractivity contribution in [3.05, 3.63) is 95.3 Å². The normalized spacial score (nSPS) is 17.8. The van der Waals surface area contributed by atoms with E-state index in [9.17, 15) is 4.79 Å². The molecule has 0 spiro atoms. The quantitative estimate of drug-likeness (QED) is 0.708. The van der Waals surface area contributed by atoms with Crippen LogP contribution in [0.3, 0.4) is 0 Å². The Balaban J connectivity index is 1.64. The van der Waals surface area contributed by atoms with Gasteiger partial charge in [-0.25, -0.2) is 9.78 Å². The molecule has 1 saturated heterocycles. The molecule has 138 valence electrons. The molecule has 1 N–H and O–H groups in total. The van der Waals surface area contributed by atoms with Crippen LogP contribution in [0.15, 0.2) is 72.9 Å². The Kier molecular flexibility index (Phi) is 4.94. The number of carbonyl (C=O) groups excluding carboxylic acids is 1. The summed E-state index contributed by atoms with van der Waals surface area (Å²) in [5, 5.41) is 2.88. The molecule has 28 heavy (non-hydrogen) atoms. The number of pyridine rings is 1. The lowest BCUT2D eigenvalue weighted by Gasteiger charge is -2.18. The van der Waals surface area contributed by atoms with Crippen molar-refractivity contribution in [1.29, 1.82) is 0 Å². The average molecular weight is 370 g/mol. The first kappa shape index (κ1) is 17.6. The van der Waals surface area contributed by atoms with E-state index in [1.807, 2.05) is 66.7 Å². The number of hydrogen-bond acceptors (Lipinski definition) is 4. The van der Waals surface area contributed by atoms with Crippen molar-refractivity contribution in [2.75, 3.05) is 7.11 Å². The standard InChI is InChI=1S/C23H18N2O3/c1-27-20-9-5-8-18(15-20)22-21(25-23(26)28-22)17-12-13-24-19(14-17)11-10-16-6-3-2-4-7-16/h2-9,12-15,21-22H,1H3,(H,25,26). The highest BCUT2D eigenvalue weighted by molar-refractivity contribution is 5.71. The van der Waals surface area contributed by atoms with Crippen LogP contribution in [0.2, 0.25) is 0 Å². The Morgan fingerprint density at radius 1 is 1.00 bits per heavy atom. The summed E-state index contributed by atoms with van der Waals surface area (Å²) >= 11 is 0. The van der Waals surface area contributed by atoms with Gasteiger partial charge in [-0.05, 0) is 53.4 Å². The van der Waals surface area contributed by atoms with Gasteiger partial charge in [-0.1, -0.05) is 36.3 Å². The number of cyclic esters (lactones) is 1. The number of carbonyl (C=O) groups is 1. The molecule has 2 heterocycles. The molecule has 3 aromatic rings. The number of nitrogens with zero attached hydrogens (tertiary/aromatic N) is 1. The first-order chi connectivity index (χ1) is 13.7. The number of amides is 1. The van der Waals surface area contributed by atoms with Gasteiger partial charge < -0.3 is 14.8 Å². The summed E-state index contributed by atoms with van der Waals surface area (Å²) in [7, 11) is 1.61. The van der Waals surface area contributed by atoms with E-state index in [4.69, 9.17) is 9.47 Å². The largest absolute Gasteiger partial charge is 0.497 e. The van der Waals surface area contributed by atoms with Crippen LogP contribution < -0.4 is 10.1 Å². The van der Waals surface area contributed by atoms with Gasteiger partial charge in [0.05, 0.1) is 13.2 Å². The molecule has 1 aromatic heterocycles. The third kappa shape index (κ3) is 3.81. The van der Waals surface area contributed by atoms with Crippen LogP contribution in [0.1, 0.15) is 34.5 Å². The van der Waals surface area contributed by atoms with Crippen LogP contribution in [0.4, 0.5) is 4.79 Å². The van der Waals surface area contributed by atoms with Gasteiger partial charge in [-0.2, -0.15) is 0 Å². The second-order valence-electron chi connectivity index (χ2n) is 6.31. The fourth-order valence-corrected chi connectivity index (χ4v) is 3.12. The molecule has 5 nitrogen and oxygen atoms in total. The zero-order chi connectivity index (χ0) is 19.3. The molecule has 1 amide bonds. The topological polar surface area (TPSA) is 60.5 Å². The van der Waals surface area contributed by atoms with E-state index in [0.29, 0.717) is 11.4 Å². The van der Waals surface area contributed by atoms with Gasteiger partial charge in [0.1, 0.15) is 11.4 Å². The van der Waals surface area contributed by atoms with E-state index >= 15 is 0 Å². The Morgan fingerprint density at radius 2 is 1.86 bits per heavy atom. The van der Waals surface area contributed by atoms with Crippen molar-refractivity contribution < 1.29 is 14.3 Å². The summed E-state index contributed by atoms with van der Waals surface area (Å²) in [6.07, 6.45) is 0.781. The first-order valence-corrected chi connectivity index (χ1v) is 8.87. The van der Waals surface area contributed by atoms with Gasteiger partial charge in [0, 0.05) is 11.8 Å². The molecule has 5 heteroatoms. The molecule has 2 unspecified atom stereocenters. The van der Waals surface area contributed by atoms with Gasteiger partial charge in [0.15, 0.2) is 6.10 Å². The molecule has 0 radical (unpaired) electrons. The van der Waals surface area contributed by atoms with Crippen LogP contribution in [0.5, 0.6) is 5.75 Å². The summed E-state index contributed by atoms with van der Waals surface area (Å²) in [4.78, 5) is 16.3. The van der Waals surface area contributed by atoms with E-state index in [1.54, 1.807) is 13.3 Å². The predicted molar refractivity (Wildman–Crippen MR) is 105 cm³/mol. The Hall–Kier alpha value is -3.78. The zero-order valence-electron chi connectivity index (χ0n) is 15.3. The van der Waals surface area contributed by atoms with Crippen LogP contribution in [-0.4, -0.2) is 18.2 Å². The lowest BCUT2D eigenvalue weighted by atomic mass is 9.96. The number of rotatable bonds is 3. The van der Waals surface area contributed by atoms with Crippen molar-refractivity contribution >= 4 is 6.09 Å². The molecule has 1 fully saturated rings. The second kappa shape index (κ2) is 7.85. The van der Waals surface area contributed by atoms with Gasteiger partial charge >= 0.3 is 6.09 Å². The number of aromatic nitrogens is 1. The molecule has 0 saturated carbocycles. The average Bonchev–Trinajstić information content (AvgIpc) is 3.15. The van der Waals surface area contributed by atoms with E-state index in [2.05, 4.69) is 22.1 Å². The van der Waals surface area contributed by atoms with Crippen LogP contribution in [0, 0.1) is 11.8 Å². The van der Waals surface area contributed by atoms with E-state index in [1.165, 1.54) is 0 Å². The summed E-state index contributed by atoms with van der Waals surface area (Å²) in [6.45, 7) is 0. The Labute approximate surface area is 163 Å². The smallest absolute Gasteiger partial charge is 0.408 e. The SMILES string of the molecule is COc1cccc(C2OC(=O)NC2c2ccnc(C#Cc3ccccc3)c2)c1. The maximum Gasteiger partial charge on any atom is 0.408 e. The number of alkyl carbamates (subject to hydrolysis) is 1. The Bertz CT molecular complexity index is 1050. The number of hydrogen-bond donors (Lipinski definition) is 1. The predicted octanol–water partition coefficient (Wildman–Crippen LogP) is 4.01. The molecule has 1 aliphatic rings. The maximum atomic E-state index is 12.0. The van der Waals surface area contributed by atoms with E-state index in [0.717, 1.165) is 16.7 Å². The van der Waals surface area contributed by atoms with Gasteiger partial charge in [0.25, 0.3) is 0 Å². The lowest BCUT2D eigenvalue weighted by Crippen LogP contribution is -2.19. The third-order valence-corrected chi connectivity index (χ3v) is 4.48. The maximum absolute atomic E-state index is 12.0. The fourth-order valence-electron chi connectivity index (χ4n) is 3.12. The number of benzene rings is 2. The lowest BCUT2D eigenvalue weighted by molar-refractivity contribution is 0.132. The van der Waals surface area contributed by atoms with E-state index < -0.39 is 12.2 Å². The molecule has 2 atom stereocenters. The van der Waals surface area contributed by atoms with Gasteiger partial charge in [0.2, 0.25) is 0 Å². The minimum atomic E-state index is -0.458. The first-order valence-electron chi connectivity index (χ1n) is 8.87. The van der Waals surface area contributed by atoms with Crippen molar-refractivity contribution in [3.8, 4) is 17.6 Å². The van der Waals surface area contributed by atoms with Crippen molar-refractivity contribution in [1.82, 2.24) is 10.3 Å². The van der Waals surface area contributed by atoms with Crippen LogP contribution in [0.25, 0.3) is 0 Å². The number of ether oxygens (including phenoxy) is 2. The monoisotopic (exact) mass is 370 g/mol. The summed E-state index contributed by atoms with van der Waals surface area (Å²) < 4.78 is 10.8. The van der Waals surface area contributed by atoms with Gasteiger partial charge in [-0.3, -0.25) is 0 Å². The number of nitrogens with one attached hydrogen (secondary N) is 1. The second-order valence-corrected chi connectivity index (χ2v) is 6.31. The number of methoxy groups -OCH3 is 1. The summed E-state index contributed by atoms with van der Waals surface area (Å²) in [5.41, 5.74) is 3.29. The summed E-state index contributed by atoms with van der Waals surface area (Å²) in [5.74, 6) is 6.88. The molecule has 4 rings (SSSR count). The third-order valence-electron chi connectivity index (χ3n) is 4.48. The van der Waals surface area contributed by atoms with Crippen LogP contribution >= 0.6 is 0 Å². The van der Waals surface area contributed by atoms with Crippen molar-refractivity contribution in [2.24, 2.45) is 0 Å². The van der Waals surface area contributed by atoms with E-state index in [-0.39, 0.29) is 6.04 Å². The fraction of sp³-hybridized carbons (Fsp3) is 0.130. The minimum Gasteiger partial charge on any atom is -0.497 e. The molecule has 0 aliphatic carbocycles. The molecule has 0 bridgehead atoms. The highest BCUT2D eigenvalue weighted by atomic mass is 16.6.